The van der Waals surface area contributed by atoms with Crippen molar-refractivity contribution in [3.05, 3.63) is 47.3 Å². The summed E-state index contributed by atoms with van der Waals surface area (Å²) in [5, 5.41) is 38.7. The zero-order valence-corrected chi connectivity index (χ0v) is 37.1. The predicted octanol–water partition coefficient (Wildman–Crippen LogP) is -2.15. The second kappa shape index (κ2) is 26.1. The summed E-state index contributed by atoms with van der Waals surface area (Å²) in [6.07, 6.45) is 1.71. The lowest BCUT2D eigenvalue weighted by Gasteiger charge is -2.25. The Morgan fingerprint density at radius 1 is 0.877 bits per heavy atom. The minimum atomic E-state index is -1.50. The summed E-state index contributed by atoms with van der Waals surface area (Å²) >= 11 is 0. The Bertz CT molecular complexity index is 2030. The van der Waals surface area contributed by atoms with E-state index < -0.39 is 103 Å². The molecule has 0 saturated heterocycles. The van der Waals surface area contributed by atoms with Crippen molar-refractivity contribution in [3.8, 4) is 0 Å². The number of aliphatic imine (C=N–C) groups is 1. The van der Waals surface area contributed by atoms with Crippen LogP contribution in [-0.4, -0.2) is 122 Å². The third kappa shape index (κ3) is 19.2. The predicted molar refractivity (Wildman–Crippen MR) is 237 cm³/mol. The number of hydrogen-bond donors (Lipinski definition) is 11. The minimum Gasteiger partial charge on any atom is -0.481 e. The van der Waals surface area contributed by atoms with Crippen LogP contribution >= 0.6 is 0 Å². The first-order chi connectivity index (χ1) is 30.7. The highest BCUT2D eigenvalue weighted by Gasteiger charge is 2.33. The van der Waals surface area contributed by atoms with Crippen LogP contribution in [0.4, 0.5) is 0 Å². The molecule has 0 saturated carbocycles. The zero-order chi connectivity index (χ0) is 48.2. The standard InChI is InChI=1S/C42H64N14O9/c1-23(2)15-33-40(64)51-32(8-6-13-48-42(46)47)39(63)49-21-29(57)18-27(19-35(58)59)37(61)52-34(17-26-11-9-25(10-12-26)16-24(3)43)41(65)50-31(36(45)60)7-4-5-14-56-22-28(54-55-56)20-30(44)38(62)53-33/h9-12,22-23,27,30-34,43H,4-8,13-21,44H2,1-3H3,(H2,45,60)(H,49,63)(H,50,65)(H,51,64)(H,52,61)(H,53,62)(H,58,59)(H4,46,47,48)/t27-,30-,31-,32-,33-,34-/m1/s1. The largest absolute Gasteiger partial charge is 0.481 e. The Kier molecular flexibility index (Phi) is 21.1. The number of carbonyl (C=O) groups excluding carboxylic acids is 7. The van der Waals surface area contributed by atoms with Gasteiger partial charge in [0.1, 0.15) is 24.2 Å². The molecule has 0 radical (unpaired) electrons. The van der Waals surface area contributed by atoms with Crippen LogP contribution in [0, 0.1) is 17.2 Å². The number of nitrogens with two attached hydrogens (primary N) is 4. The third-order valence-electron chi connectivity index (χ3n) is 10.4. The Labute approximate surface area is 376 Å². The molecule has 15 N–H and O–H groups in total. The van der Waals surface area contributed by atoms with Gasteiger partial charge in [0.25, 0.3) is 0 Å². The summed E-state index contributed by atoms with van der Waals surface area (Å²) in [5.74, 6) is -8.70. The number of ketones is 1. The smallest absolute Gasteiger partial charge is 0.304 e. The molecule has 2 heterocycles. The van der Waals surface area contributed by atoms with Gasteiger partial charge in [-0.3, -0.25) is 48.0 Å². The summed E-state index contributed by atoms with van der Waals surface area (Å²) < 4.78 is 1.52. The molecule has 0 aliphatic carbocycles. The molecule has 6 amide bonds. The van der Waals surface area contributed by atoms with Crippen molar-refractivity contribution in [1.82, 2.24) is 41.6 Å². The summed E-state index contributed by atoms with van der Waals surface area (Å²) in [4.78, 5) is 110. The number of Topliss-reactive ketones (excluding diaryl/α,β-unsaturated/α-hetero) is 1. The highest BCUT2D eigenvalue weighted by Crippen LogP contribution is 2.15. The summed E-state index contributed by atoms with van der Waals surface area (Å²) in [7, 11) is 0. The maximum Gasteiger partial charge on any atom is 0.304 e. The number of aryl methyl sites for hydroxylation is 1. The van der Waals surface area contributed by atoms with Crippen LogP contribution < -0.4 is 49.5 Å². The number of guanidine groups is 1. The number of nitrogens with zero attached hydrogens (tertiary/aromatic N) is 4. The second-order valence-electron chi connectivity index (χ2n) is 16.7. The third-order valence-corrected chi connectivity index (χ3v) is 10.4. The highest BCUT2D eigenvalue weighted by molar-refractivity contribution is 5.97. The average Bonchev–Trinajstić information content (AvgIpc) is 3.67. The maximum atomic E-state index is 13.9. The van der Waals surface area contributed by atoms with E-state index in [4.69, 9.17) is 28.3 Å². The van der Waals surface area contributed by atoms with Gasteiger partial charge in [-0.05, 0) is 62.5 Å². The zero-order valence-electron chi connectivity index (χ0n) is 37.1. The number of carboxylic acid groups (broad SMARTS) is 1. The van der Waals surface area contributed by atoms with Crippen LogP contribution in [0.15, 0.2) is 35.5 Å². The van der Waals surface area contributed by atoms with E-state index in [0.29, 0.717) is 42.8 Å². The van der Waals surface area contributed by atoms with Crippen molar-refractivity contribution in [2.45, 2.75) is 128 Å². The van der Waals surface area contributed by atoms with Crippen LogP contribution in [0.2, 0.25) is 0 Å². The van der Waals surface area contributed by atoms with Crippen LogP contribution in [0.3, 0.4) is 0 Å². The fourth-order valence-corrected chi connectivity index (χ4v) is 7.02. The number of benzene rings is 1. The summed E-state index contributed by atoms with van der Waals surface area (Å²) in [6, 6.07) is 0.893. The number of hydrogen-bond acceptors (Lipinski definition) is 13. The van der Waals surface area contributed by atoms with Crippen LogP contribution in [-0.2, 0) is 64.2 Å². The van der Waals surface area contributed by atoms with Crippen LogP contribution in [0.25, 0.3) is 0 Å². The molecule has 23 heteroatoms. The van der Waals surface area contributed by atoms with E-state index in [1.165, 1.54) is 4.68 Å². The fraction of sp³-hybridized carbons (Fsp3) is 0.571. The van der Waals surface area contributed by atoms with E-state index in [1.54, 1.807) is 37.4 Å². The van der Waals surface area contributed by atoms with Gasteiger partial charge >= 0.3 is 5.97 Å². The van der Waals surface area contributed by atoms with Crippen molar-refractivity contribution in [2.24, 2.45) is 39.8 Å². The second-order valence-corrected chi connectivity index (χ2v) is 16.7. The van der Waals surface area contributed by atoms with Crippen LogP contribution in [0.1, 0.15) is 89.0 Å². The van der Waals surface area contributed by atoms with Gasteiger partial charge in [0.2, 0.25) is 35.4 Å². The fourth-order valence-electron chi connectivity index (χ4n) is 7.02. The van der Waals surface area contributed by atoms with Crippen molar-refractivity contribution >= 4 is 58.9 Å². The highest BCUT2D eigenvalue weighted by atomic mass is 16.4. The van der Waals surface area contributed by atoms with Gasteiger partial charge in [0.15, 0.2) is 11.7 Å². The van der Waals surface area contributed by atoms with Gasteiger partial charge in [-0.25, -0.2) is 0 Å². The average molecular weight is 909 g/mol. The van der Waals surface area contributed by atoms with Gasteiger partial charge < -0.3 is 60.0 Å². The molecule has 1 aromatic carbocycles. The first-order valence-electron chi connectivity index (χ1n) is 21.5. The minimum absolute atomic E-state index is 0.00475. The van der Waals surface area contributed by atoms with E-state index in [1.807, 2.05) is 13.8 Å². The first kappa shape index (κ1) is 52.6. The topological polar surface area (TPSA) is 388 Å². The molecular weight excluding hydrogens is 845 g/mol. The van der Waals surface area contributed by atoms with E-state index in [9.17, 15) is 43.5 Å². The number of carbonyl (C=O) groups is 8. The van der Waals surface area contributed by atoms with Gasteiger partial charge in [0.05, 0.1) is 30.6 Å². The number of amides is 6. The number of nitrogens with one attached hydrogen (secondary N) is 6. The maximum absolute atomic E-state index is 13.9. The quantitative estimate of drug-likeness (QED) is 0.0580. The summed E-state index contributed by atoms with van der Waals surface area (Å²) in [5.41, 5.74) is 25.1. The van der Waals surface area contributed by atoms with E-state index in [-0.39, 0.29) is 56.9 Å². The molecule has 0 spiro atoms. The van der Waals surface area contributed by atoms with Gasteiger partial charge in [-0.2, -0.15) is 0 Å². The normalized spacial score (nSPS) is 22.6. The van der Waals surface area contributed by atoms with Crippen LogP contribution in [0.5, 0.6) is 0 Å². The molecule has 0 unspecified atom stereocenters. The van der Waals surface area contributed by atoms with Crippen molar-refractivity contribution < 1.29 is 43.5 Å². The Morgan fingerprint density at radius 2 is 1.52 bits per heavy atom. The number of fused-ring (bicyclic) bond motifs is 2. The molecule has 1 aliphatic heterocycles. The molecule has 0 fully saturated rings. The molecule has 23 nitrogen and oxygen atoms in total. The molecule has 1 aliphatic rings. The molecule has 65 heavy (non-hydrogen) atoms. The Balaban J connectivity index is 1.98. The summed E-state index contributed by atoms with van der Waals surface area (Å²) in [6.45, 7) is 5.09. The lowest BCUT2D eigenvalue weighted by atomic mass is 9.95. The molecule has 2 aromatic rings. The van der Waals surface area contributed by atoms with E-state index in [2.05, 4.69) is 41.9 Å². The number of aliphatic carboxylic acids is 1. The monoisotopic (exact) mass is 908 g/mol. The Hall–Kier alpha value is -6.78. The SMILES string of the molecule is CC(=N)Cc1ccc(C[C@H]2NC(=O)[C@@H](CC(=O)O)CC(=O)CNC(=O)[C@@H](CCCN=C(N)N)NC(=O)[C@@H](CC(C)C)NC(=O)[C@H](N)Cc3cn(nn3)CCCC[C@H](C(N)=O)NC2=O)cc1. The molecule has 356 valence electrons. The number of aromatic nitrogens is 3. The van der Waals surface area contributed by atoms with Crippen molar-refractivity contribution in [3.63, 3.8) is 0 Å². The Morgan fingerprint density at radius 3 is 2.15 bits per heavy atom. The van der Waals surface area contributed by atoms with Gasteiger partial charge in [-0.15, -0.1) is 5.10 Å². The lowest BCUT2D eigenvalue weighted by molar-refractivity contribution is -0.142. The molecule has 6 atom stereocenters. The molecule has 1 aromatic heterocycles. The van der Waals surface area contributed by atoms with Gasteiger partial charge in [0, 0.05) is 50.7 Å². The van der Waals surface area contributed by atoms with Crippen molar-refractivity contribution in [2.75, 3.05) is 13.1 Å². The lowest BCUT2D eigenvalue weighted by Crippen LogP contribution is -2.56. The molecule has 3 rings (SSSR count). The van der Waals surface area contributed by atoms with Crippen molar-refractivity contribution in [1.29, 1.82) is 5.41 Å². The number of carboxylic acids is 1. The molecule has 2 bridgehead atoms. The number of rotatable bonds is 13. The molecular formula is C42H64N14O9. The van der Waals surface area contributed by atoms with E-state index in [0.717, 1.165) is 5.56 Å². The van der Waals surface area contributed by atoms with E-state index >= 15 is 0 Å². The number of primary amides is 1. The van der Waals surface area contributed by atoms with Gasteiger partial charge in [-0.1, -0.05) is 43.3 Å². The first-order valence-corrected chi connectivity index (χ1v) is 21.5.